The number of hydrogen-bond acceptors (Lipinski definition) is 6. The third kappa shape index (κ3) is 3.54. The molecule has 2 heterocycles. The van der Waals surface area contributed by atoms with Crippen LogP contribution in [0.25, 0.3) is 11.4 Å². The minimum Gasteiger partial charge on any atom is -0.338 e. The van der Waals surface area contributed by atoms with Crippen molar-refractivity contribution in [2.75, 3.05) is 11.4 Å². The fourth-order valence-electron chi connectivity index (χ4n) is 3.14. The first-order valence-corrected chi connectivity index (χ1v) is 10.2. The second kappa shape index (κ2) is 7.17. The minimum atomic E-state index is -3.75. The Morgan fingerprint density at radius 2 is 2.00 bits per heavy atom. The Kier molecular flexibility index (Phi) is 4.70. The van der Waals surface area contributed by atoms with Gasteiger partial charge in [0.1, 0.15) is 0 Å². The van der Waals surface area contributed by atoms with Gasteiger partial charge in [-0.1, -0.05) is 35.5 Å². The van der Waals surface area contributed by atoms with Crippen molar-refractivity contribution in [3.05, 3.63) is 60.0 Å². The Bertz CT molecular complexity index is 1130. The molecule has 0 unspecified atom stereocenters. The van der Waals surface area contributed by atoms with E-state index in [-0.39, 0.29) is 23.2 Å². The van der Waals surface area contributed by atoms with Gasteiger partial charge in [0.15, 0.2) is 0 Å². The normalized spacial score (nSPS) is 13.5. The first-order valence-electron chi connectivity index (χ1n) is 8.73. The summed E-state index contributed by atoms with van der Waals surface area (Å²) in [6.45, 7) is 1.94. The van der Waals surface area contributed by atoms with E-state index >= 15 is 0 Å². The van der Waals surface area contributed by atoms with Gasteiger partial charge in [-0.25, -0.2) is 13.1 Å². The number of rotatable bonds is 5. The maximum Gasteiger partial charge on any atom is 0.242 e. The number of anilines is 1. The Labute approximate surface area is 162 Å². The van der Waals surface area contributed by atoms with Crippen LogP contribution >= 0.6 is 0 Å². The molecule has 0 saturated heterocycles. The zero-order chi connectivity index (χ0) is 19.7. The standard InChI is InChI=1S/C19H18N4O4S/c1-13(24)23-10-9-15-11-16(7-8-17(15)23)28(25,26)20-12-18-21-19(22-27-18)14-5-3-2-4-6-14/h2-8,11,20H,9-10,12H2,1H3. The Hall–Kier alpha value is -3.04. The zero-order valence-corrected chi connectivity index (χ0v) is 15.9. The van der Waals surface area contributed by atoms with Crippen molar-refractivity contribution in [1.29, 1.82) is 0 Å². The van der Waals surface area contributed by atoms with Crippen molar-refractivity contribution >= 4 is 21.6 Å². The predicted molar refractivity (Wildman–Crippen MR) is 102 cm³/mol. The van der Waals surface area contributed by atoms with Crippen molar-refractivity contribution in [1.82, 2.24) is 14.9 Å². The summed E-state index contributed by atoms with van der Waals surface area (Å²) in [4.78, 5) is 17.6. The van der Waals surface area contributed by atoms with Crippen LogP contribution in [0.15, 0.2) is 57.9 Å². The topological polar surface area (TPSA) is 105 Å². The number of nitrogens with zero attached hydrogens (tertiary/aromatic N) is 3. The van der Waals surface area contributed by atoms with Crippen LogP contribution in [0.4, 0.5) is 5.69 Å². The third-order valence-corrected chi connectivity index (χ3v) is 5.95. The van der Waals surface area contributed by atoms with Gasteiger partial charge < -0.3 is 9.42 Å². The summed E-state index contributed by atoms with van der Waals surface area (Å²) in [5, 5.41) is 3.87. The highest BCUT2D eigenvalue weighted by molar-refractivity contribution is 7.89. The van der Waals surface area contributed by atoms with Crippen LogP contribution < -0.4 is 9.62 Å². The van der Waals surface area contributed by atoms with Gasteiger partial charge in [0.25, 0.3) is 0 Å². The van der Waals surface area contributed by atoms with Crippen LogP contribution in [-0.4, -0.2) is 31.0 Å². The molecule has 1 aliphatic rings. The molecule has 8 nitrogen and oxygen atoms in total. The average molecular weight is 398 g/mol. The molecule has 3 aromatic rings. The van der Waals surface area contributed by atoms with Crippen LogP contribution in [0, 0.1) is 0 Å². The summed E-state index contributed by atoms with van der Waals surface area (Å²) in [7, 11) is -3.75. The monoisotopic (exact) mass is 398 g/mol. The van der Waals surface area contributed by atoms with Crippen molar-refractivity contribution in [2.45, 2.75) is 24.8 Å². The smallest absolute Gasteiger partial charge is 0.242 e. The van der Waals surface area contributed by atoms with E-state index in [9.17, 15) is 13.2 Å². The van der Waals surface area contributed by atoms with Gasteiger partial charge in [-0.15, -0.1) is 0 Å². The molecule has 1 N–H and O–H groups in total. The van der Waals surface area contributed by atoms with Gasteiger partial charge in [-0.3, -0.25) is 4.79 Å². The quantitative estimate of drug-likeness (QED) is 0.706. The molecule has 0 spiro atoms. The first kappa shape index (κ1) is 18.3. The lowest BCUT2D eigenvalue weighted by Crippen LogP contribution is -2.26. The fraction of sp³-hybridized carbons (Fsp3) is 0.211. The van der Waals surface area contributed by atoms with E-state index in [1.54, 1.807) is 17.0 Å². The maximum atomic E-state index is 12.6. The van der Waals surface area contributed by atoms with Gasteiger partial charge in [0.2, 0.25) is 27.6 Å². The summed E-state index contributed by atoms with van der Waals surface area (Å²) in [5.74, 6) is 0.515. The molecule has 0 saturated carbocycles. The van der Waals surface area contributed by atoms with Gasteiger partial charge >= 0.3 is 0 Å². The molecule has 1 amide bonds. The summed E-state index contributed by atoms with van der Waals surface area (Å²) >= 11 is 0. The summed E-state index contributed by atoms with van der Waals surface area (Å²) < 4.78 is 32.8. The van der Waals surface area contributed by atoms with Crippen LogP contribution in [0.5, 0.6) is 0 Å². The largest absolute Gasteiger partial charge is 0.338 e. The Balaban J connectivity index is 1.48. The molecule has 1 aliphatic heterocycles. The summed E-state index contributed by atoms with van der Waals surface area (Å²) in [6.07, 6.45) is 0.627. The van der Waals surface area contributed by atoms with E-state index in [0.717, 1.165) is 16.8 Å². The molecule has 2 aromatic carbocycles. The highest BCUT2D eigenvalue weighted by atomic mass is 32.2. The molecule has 0 radical (unpaired) electrons. The SMILES string of the molecule is CC(=O)N1CCc2cc(S(=O)(=O)NCc3nc(-c4ccccc4)no3)ccc21. The van der Waals surface area contributed by atoms with E-state index in [0.29, 0.717) is 18.8 Å². The van der Waals surface area contributed by atoms with Gasteiger partial charge in [-0.05, 0) is 30.2 Å². The van der Waals surface area contributed by atoms with Gasteiger partial charge in [0, 0.05) is 24.7 Å². The number of sulfonamides is 1. The molecule has 0 aliphatic carbocycles. The number of aromatic nitrogens is 2. The minimum absolute atomic E-state index is 0.0573. The average Bonchev–Trinajstić information content (AvgIpc) is 3.34. The second-order valence-corrected chi connectivity index (χ2v) is 8.18. The van der Waals surface area contributed by atoms with E-state index in [1.165, 1.54) is 13.0 Å². The Morgan fingerprint density at radius 1 is 1.21 bits per heavy atom. The zero-order valence-electron chi connectivity index (χ0n) is 15.1. The molecule has 28 heavy (non-hydrogen) atoms. The van der Waals surface area contributed by atoms with Crippen molar-refractivity contribution in [2.24, 2.45) is 0 Å². The molecule has 0 atom stereocenters. The number of carbonyl (C=O) groups is 1. The highest BCUT2D eigenvalue weighted by Gasteiger charge is 2.25. The molecule has 0 bridgehead atoms. The van der Waals surface area contributed by atoms with Gasteiger partial charge in [0.05, 0.1) is 11.4 Å². The maximum absolute atomic E-state index is 12.6. The third-order valence-electron chi connectivity index (χ3n) is 4.55. The van der Waals surface area contributed by atoms with Crippen LogP contribution in [0.2, 0.25) is 0 Å². The number of carbonyl (C=O) groups excluding carboxylic acids is 1. The Morgan fingerprint density at radius 3 is 2.75 bits per heavy atom. The van der Waals surface area contributed by atoms with E-state index in [2.05, 4.69) is 14.9 Å². The molecular weight excluding hydrogens is 380 g/mol. The molecule has 1 aromatic heterocycles. The predicted octanol–water partition coefficient (Wildman–Crippen LogP) is 2.12. The second-order valence-electron chi connectivity index (χ2n) is 6.41. The molecule has 144 valence electrons. The number of benzene rings is 2. The number of hydrogen-bond donors (Lipinski definition) is 1. The van der Waals surface area contributed by atoms with Crippen LogP contribution in [-0.2, 0) is 27.8 Å². The van der Waals surface area contributed by atoms with E-state index < -0.39 is 10.0 Å². The lowest BCUT2D eigenvalue weighted by atomic mass is 10.2. The highest BCUT2D eigenvalue weighted by Crippen LogP contribution is 2.30. The van der Waals surface area contributed by atoms with E-state index in [1.807, 2.05) is 30.3 Å². The number of fused-ring (bicyclic) bond motifs is 1. The molecule has 9 heteroatoms. The lowest BCUT2D eigenvalue weighted by Gasteiger charge is -2.14. The van der Waals surface area contributed by atoms with Crippen LogP contribution in [0.1, 0.15) is 18.4 Å². The summed E-state index contributed by atoms with van der Waals surface area (Å²) in [5.41, 5.74) is 2.38. The molecule has 4 rings (SSSR count). The first-order chi connectivity index (χ1) is 13.4. The fourth-order valence-corrected chi connectivity index (χ4v) is 4.17. The molecular formula is C19H18N4O4S. The van der Waals surface area contributed by atoms with Crippen molar-refractivity contribution < 1.29 is 17.7 Å². The summed E-state index contributed by atoms with van der Waals surface area (Å²) in [6, 6.07) is 14.0. The van der Waals surface area contributed by atoms with E-state index in [4.69, 9.17) is 4.52 Å². The number of amides is 1. The molecule has 0 fully saturated rings. The van der Waals surface area contributed by atoms with Crippen molar-refractivity contribution in [3.8, 4) is 11.4 Å². The van der Waals surface area contributed by atoms with Crippen molar-refractivity contribution in [3.63, 3.8) is 0 Å². The number of nitrogens with one attached hydrogen (secondary N) is 1. The van der Waals surface area contributed by atoms with Gasteiger partial charge in [-0.2, -0.15) is 4.98 Å². The lowest BCUT2D eigenvalue weighted by molar-refractivity contribution is -0.116. The van der Waals surface area contributed by atoms with Crippen LogP contribution in [0.3, 0.4) is 0 Å².